The van der Waals surface area contributed by atoms with Crippen LogP contribution in [0.2, 0.25) is 0 Å². The SMILES string of the molecule is CC(C)CN1C(=O)c2ccc(C(=O)NCc3csc(-c4ccccn4)n3)cc2C1=O. The molecule has 0 unspecified atom stereocenters. The maximum atomic E-state index is 12.6. The van der Waals surface area contributed by atoms with E-state index < -0.39 is 0 Å². The van der Waals surface area contributed by atoms with Crippen LogP contribution in [-0.4, -0.2) is 39.1 Å². The fourth-order valence-electron chi connectivity index (χ4n) is 3.23. The summed E-state index contributed by atoms with van der Waals surface area (Å²) >= 11 is 1.46. The topological polar surface area (TPSA) is 92.3 Å². The molecule has 8 heteroatoms. The summed E-state index contributed by atoms with van der Waals surface area (Å²) in [4.78, 5) is 47.6. The van der Waals surface area contributed by atoms with Crippen molar-refractivity contribution in [2.75, 3.05) is 6.54 Å². The van der Waals surface area contributed by atoms with Crippen LogP contribution in [0.3, 0.4) is 0 Å². The molecule has 3 amide bonds. The molecule has 0 atom stereocenters. The standard InChI is InChI=1S/C22H20N4O3S/c1-13(2)11-26-21(28)16-7-6-14(9-17(16)22(26)29)19(27)24-10-15-12-30-20(25-15)18-5-3-4-8-23-18/h3-9,12-13H,10-11H2,1-2H3,(H,24,27). The Balaban J connectivity index is 1.45. The largest absolute Gasteiger partial charge is 0.346 e. The maximum absolute atomic E-state index is 12.6. The molecule has 0 spiro atoms. The molecule has 0 aliphatic carbocycles. The Morgan fingerprint density at radius 1 is 1.13 bits per heavy atom. The molecule has 30 heavy (non-hydrogen) atoms. The van der Waals surface area contributed by atoms with Gasteiger partial charge in [0.15, 0.2) is 0 Å². The van der Waals surface area contributed by atoms with E-state index in [2.05, 4.69) is 15.3 Å². The highest BCUT2D eigenvalue weighted by atomic mass is 32.1. The molecule has 4 rings (SSSR count). The molecule has 3 heterocycles. The van der Waals surface area contributed by atoms with Crippen LogP contribution >= 0.6 is 11.3 Å². The smallest absolute Gasteiger partial charge is 0.261 e. The number of imide groups is 1. The number of aromatic nitrogens is 2. The lowest BCUT2D eigenvalue weighted by Crippen LogP contribution is -2.33. The molecule has 0 fully saturated rings. The fourth-order valence-corrected chi connectivity index (χ4v) is 4.03. The van der Waals surface area contributed by atoms with Gasteiger partial charge in [-0.25, -0.2) is 4.98 Å². The van der Waals surface area contributed by atoms with Crippen LogP contribution in [0.25, 0.3) is 10.7 Å². The Hall–Kier alpha value is -3.39. The van der Waals surface area contributed by atoms with Crippen molar-refractivity contribution < 1.29 is 14.4 Å². The number of carbonyl (C=O) groups is 3. The van der Waals surface area contributed by atoms with Crippen LogP contribution in [0.5, 0.6) is 0 Å². The predicted molar refractivity (Wildman–Crippen MR) is 113 cm³/mol. The molecular weight excluding hydrogens is 400 g/mol. The number of pyridine rings is 1. The van der Waals surface area contributed by atoms with E-state index in [1.54, 1.807) is 18.3 Å². The van der Waals surface area contributed by atoms with Crippen molar-refractivity contribution in [3.8, 4) is 10.7 Å². The Morgan fingerprint density at radius 2 is 1.93 bits per heavy atom. The minimum absolute atomic E-state index is 0.170. The van der Waals surface area contributed by atoms with Gasteiger partial charge in [0, 0.05) is 23.7 Å². The van der Waals surface area contributed by atoms with Crippen molar-refractivity contribution in [2.24, 2.45) is 5.92 Å². The zero-order chi connectivity index (χ0) is 21.3. The summed E-state index contributed by atoms with van der Waals surface area (Å²) in [5, 5.41) is 5.47. The van der Waals surface area contributed by atoms with E-state index in [0.717, 1.165) is 16.4 Å². The van der Waals surface area contributed by atoms with Crippen molar-refractivity contribution in [1.29, 1.82) is 0 Å². The first-order chi connectivity index (χ1) is 14.4. The first-order valence-corrected chi connectivity index (χ1v) is 10.5. The average Bonchev–Trinajstić information content (AvgIpc) is 3.32. The first kappa shape index (κ1) is 19.9. The Kier molecular flexibility index (Phi) is 5.41. The molecular formula is C22H20N4O3S. The summed E-state index contributed by atoms with van der Waals surface area (Å²) in [6, 6.07) is 10.2. The Bertz CT molecular complexity index is 1120. The Labute approximate surface area is 177 Å². The van der Waals surface area contributed by atoms with Crippen LogP contribution in [0.15, 0.2) is 48.0 Å². The molecule has 152 valence electrons. The molecule has 2 aromatic heterocycles. The third-order valence-corrected chi connectivity index (χ3v) is 5.56. The van der Waals surface area contributed by atoms with Gasteiger partial charge in [-0.3, -0.25) is 24.3 Å². The summed E-state index contributed by atoms with van der Waals surface area (Å²) < 4.78 is 0. The van der Waals surface area contributed by atoms with Gasteiger partial charge >= 0.3 is 0 Å². The first-order valence-electron chi connectivity index (χ1n) is 9.58. The number of hydrogen-bond donors (Lipinski definition) is 1. The van der Waals surface area contributed by atoms with E-state index in [-0.39, 0.29) is 35.7 Å². The van der Waals surface area contributed by atoms with Gasteiger partial charge in [0.25, 0.3) is 17.7 Å². The van der Waals surface area contributed by atoms with Crippen molar-refractivity contribution in [1.82, 2.24) is 20.2 Å². The molecule has 1 aromatic carbocycles. The summed E-state index contributed by atoms with van der Waals surface area (Å²) in [6.07, 6.45) is 1.71. The number of nitrogens with one attached hydrogen (secondary N) is 1. The number of thiazole rings is 1. The van der Waals surface area contributed by atoms with Gasteiger partial charge < -0.3 is 5.32 Å². The highest BCUT2D eigenvalue weighted by Gasteiger charge is 2.36. The summed E-state index contributed by atoms with van der Waals surface area (Å²) in [5.74, 6) is -0.810. The highest BCUT2D eigenvalue weighted by Crippen LogP contribution is 2.25. The Morgan fingerprint density at radius 3 is 2.67 bits per heavy atom. The lowest BCUT2D eigenvalue weighted by molar-refractivity contribution is 0.0636. The summed E-state index contributed by atoms with van der Waals surface area (Å²) in [7, 11) is 0. The second-order valence-corrected chi connectivity index (χ2v) is 8.27. The number of fused-ring (bicyclic) bond motifs is 1. The number of hydrogen-bond acceptors (Lipinski definition) is 6. The van der Waals surface area contributed by atoms with E-state index in [4.69, 9.17) is 0 Å². The van der Waals surface area contributed by atoms with Crippen LogP contribution in [-0.2, 0) is 6.54 Å². The van der Waals surface area contributed by atoms with E-state index in [0.29, 0.717) is 17.7 Å². The van der Waals surface area contributed by atoms with E-state index in [1.807, 2.05) is 37.4 Å². The number of rotatable bonds is 6. The third-order valence-electron chi connectivity index (χ3n) is 4.65. The lowest BCUT2D eigenvalue weighted by atomic mass is 10.1. The van der Waals surface area contributed by atoms with Gasteiger partial charge in [0.1, 0.15) is 5.01 Å². The zero-order valence-electron chi connectivity index (χ0n) is 16.6. The van der Waals surface area contributed by atoms with Crippen LogP contribution < -0.4 is 5.32 Å². The average molecular weight is 420 g/mol. The van der Waals surface area contributed by atoms with E-state index in [1.165, 1.54) is 22.3 Å². The van der Waals surface area contributed by atoms with Gasteiger partial charge in [0.05, 0.1) is 29.1 Å². The van der Waals surface area contributed by atoms with E-state index in [9.17, 15) is 14.4 Å². The minimum atomic E-state index is -0.349. The van der Waals surface area contributed by atoms with Crippen LogP contribution in [0.4, 0.5) is 0 Å². The second-order valence-electron chi connectivity index (χ2n) is 7.42. The normalized spacial score (nSPS) is 13.1. The molecule has 7 nitrogen and oxygen atoms in total. The molecule has 1 N–H and O–H groups in total. The van der Waals surface area contributed by atoms with Gasteiger partial charge in [-0.1, -0.05) is 19.9 Å². The second kappa shape index (κ2) is 8.16. The van der Waals surface area contributed by atoms with Crippen molar-refractivity contribution in [3.63, 3.8) is 0 Å². The summed E-state index contributed by atoms with van der Waals surface area (Å²) in [6.45, 7) is 4.50. The molecule has 0 saturated carbocycles. The number of carbonyl (C=O) groups excluding carboxylic acids is 3. The lowest BCUT2D eigenvalue weighted by Gasteiger charge is -2.15. The molecule has 0 radical (unpaired) electrons. The quantitative estimate of drug-likeness (QED) is 0.617. The highest BCUT2D eigenvalue weighted by molar-refractivity contribution is 7.13. The van der Waals surface area contributed by atoms with Crippen LogP contribution in [0.1, 0.15) is 50.6 Å². The van der Waals surface area contributed by atoms with Crippen LogP contribution in [0, 0.1) is 5.92 Å². The molecule has 1 aliphatic rings. The van der Waals surface area contributed by atoms with Crippen molar-refractivity contribution >= 4 is 29.1 Å². The van der Waals surface area contributed by atoms with Gasteiger partial charge in [-0.15, -0.1) is 11.3 Å². The number of benzene rings is 1. The van der Waals surface area contributed by atoms with Gasteiger partial charge in [-0.2, -0.15) is 0 Å². The molecule has 0 bridgehead atoms. The van der Waals surface area contributed by atoms with Crippen molar-refractivity contribution in [3.05, 3.63) is 70.4 Å². The third kappa shape index (κ3) is 3.86. The minimum Gasteiger partial charge on any atom is -0.346 e. The predicted octanol–water partition coefficient (Wildman–Crippen LogP) is 3.39. The van der Waals surface area contributed by atoms with Gasteiger partial charge in [0.2, 0.25) is 0 Å². The van der Waals surface area contributed by atoms with Gasteiger partial charge in [-0.05, 0) is 36.2 Å². The molecule has 3 aromatic rings. The number of amides is 3. The fraction of sp³-hybridized carbons (Fsp3) is 0.227. The number of nitrogens with zero attached hydrogens (tertiary/aromatic N) is 3. The monoisotopic (exact) mass is 420 g/mol. The maximum Gasteiger partial charge on any atom is 0.261 e. The van der Waals surface area contributed by atoms with E-state index >= 15 is 0 Å². The molecule has 1 aliphatic heterocycles. The summed E-state index contributed by atoms with van der Waals surface area (Å²) in [5.41, 5.74) is 2.47. The molecule has 0 saturated heterocycles. The van der Waals surface area contributed by atoms with Crippen molar-refractivity contribution in [2.45, 2.75) is 20.4 Å². The zero-order valence-corrected chi connectivity index (χ0v) is 17.4.